The molecule has 1 amide bonds. The Labute approximate surface area is 161 Å². The number of nitrogens with one attached hydrogen (secondary N) is 1. The number of amides is 1. The highest BCUT2D eigenvalue weighted by Crippen LogP contribution is 2.23. The first kappa shape index (κ1) is 20.0. The summed E-state index contributed by atoms with van der Waals surface area (Å²) in [5.41, 5.74) is 1.18. The van der Waals surface area contributed by atoms with Crippen molar-refractivity contribution < 1.29 is 19.1 Å². The Bertz CT molecular complexity index is 810. The maximum atomic E-state index is 12.2. The lowest BCUT2D eigenvalue weighted by Gasteiger charge is -2.09. The molecule has 0 aliphatic rings. The number of ether oxygens (including phenoxy) is 1. The molecule has 0 heterocycles. The minimum absolute atomic E-state index is 0.0126. The number of benzene rings is 2. The molecule has 2 rings (SSSR count). The molecule has 26 heavy (non-hydrogen) atoms. The van der Waals surface area contributed by atoms with Crippen LogP contribution in [0, 0.1) is 0 Å². The second-order valence-corrected chi connectivity index (χ2v) is 6.92. The summed E-state index contributed by atoms with van der Waals surface area (Å²) >= 11 is 7.15. The monoisotopic (exact) mass is 391 g/mol. The number of carbonyl (C=O) groups excluding carboxylic acids is 3. The molecule has 0 aliphatic heterocycles. The van der Waals surface area contributed by atoms with Crippen LogP contribution in [0.15, 0.2) is 53.4 Å². The van der Waals surface area contributed by atoms with E-state index in [0.717, 1.165) is 5.56 Å². The van der Waals surface area contributed by atoms with Crippen molar-refractivity contribution in [3.05, 3.63) is 64.7 Å². The van der Waals surface area contributed by atoms with Gasteiger partial charge in [0.15, 0.2) is 6.61 Å². The number of hydrogen-bond donors (Lipinski definition) is 1. The molecule has 0 aromatic heterocycles. The van der Waals surface area contributed by atoms with E-state index in [9.17, 15) is 14.4 Å². The number of carbonyl (C=O) groups is 3. The predicted molar refractivity (Wildman–Crippen MR) is 101 cm³/mol. The Morgan fingerprint density at radius 1 is 1.12 bits per heavy atom. The molecule has 0 bridgehead atoms. The molecule has 2 aromatic rings. The van der Waals surface area contributed by atoms with E-state index in [1.54, 1.807) is 42.5 Å². The van der Waals surface area contributed by atoms with Crippen molar-refractivity contribution in [3.8, 4) is 0 Å². The minimum atomic E-state index is -0.602. The molecule has 0 fully saturated rings. The van der Waals surface area contributed by atoms with Crippen LogP contribution in [-0.2, 0) is 20.9 Å². The normalized spacial score (nSPS) is 10.2. The van der Waals surface area contributed by atoms with Gasteiger partial charge >= 0.3 is 5.97 Å². The van der Waals surface area contributed by atoms with Crippen LogP contribution in [0.3, 0.4) is 0 Å². The maximum Gasteiger partial charge on any atom is 0.339 e. The van der Waals surface area contributed by atoms with E-state index in [4.69, 9.17) is 16.3 Å². The Morgan fingerprint density at radius 2 is 1.88 bits per heavy atom. The van der Waals surface area contributed by atoms with Crippen LogP contribution in [0.4, 0.5) is 0 Å². The van der Waals surface area contributed by atoms with Crippen LogP contribution >= 0.6 is 23.4 Å². The van der Waals surface area contributed by atoms with Crippen LogP contribution in [0.2, 0.25) is 5.02 Å². The van der Waals surface area contributed by atoms with Gasteiger partial charge in [-0.3, -0.25) is 9.59 Å². The van der Waals surface area contributed by atoms with Crippen LogP contribution in [0.5, 0.6) is 0 Å². The average molecular weight is 392 g/mol. The van der Waals surface area contributed by atoms with E-state index < -0.39 is 11.9 Å². The van der Waals surface area contributed by atoms with E-state index in [-0.39, 0.29) is 18.1 Å². The fourth-order valence-electron chi connectivity index (χ4n) is 2.05. The number of ketones is 1. The van der Waals surface area contributed by atoms with Gasteiger partial charge in [0.1, 0.15) is 5.78 Å². The van der Waals surface area contributed by atoms with Crippen molar-refractivity contribution in [1.82, 2.24) is 5.32 Å². The van der Waals surface area contributed by atoms with Gasteiger partial charge in [0.2, 0.25) is 0 Å². The lowest BCUT2D eigenvalue weighted by Crippen LogP contribution is -2.28. The molecule has 7 heteroatoms. The summed E-state index contributed by atoms with van der Waals surface area (Å²) in [5.74, 6) is -0.731. The standard InChI is InChI=1S/C19H18ClNO4S/c1-13(22)12-26-17-8-3-2-7-16(17)19(24)25-11-18(23)21-10-14-5-4-6-15(20)9-14/h2-9H,10-12H2,1H3,(H,21,23). The second-order valence-electron chi connectivity index (χ2n) is 5.47. The topological polar surface area (TPSA) is 72.5 Å². The van der Waals surface area contributed by atoms with Crippen molar-refractivity contribution in [2.45, 2.75) is 18.4 Å². The van der Waals surface area contributed by atoms with E-state index in [1.807, 2.05) is 6.07 Å². The van der Waals surface area contributed by atoms with Gasteiger partial charge in [0, 0.05) is 16.5 Å². The number of hydrogen-bond acceptors (Lipinski definition) is 5. The molecular weight excluding hydrogens is 374 g/mol. The fraction of sp³-hybridized carbons (Fsp3) is 0.211. The smallest absolute Gasteiger partial charge is 0.339 e. The molecule has 0 aliphatic carbocycles. The Morgan fingerprint density at radius 3 is 2.62 bits per heavy atom. The highest BCUT2D eigenvalue weighted by atomic mass is 35.5. The van der Waals surface area contributed by atoms with Gasteiger partial charge in [-0.25, -0.2) is 4.79 Å². The van der Waals surface area contributed by atoms with Crippen molar-refractivity contribution >= 4 is 41.0 Å². The fourth-order valence-corrected chi connectivity index (χ4v) is 3.10. The van der Waals surface area contributed by atoms with Crippen molar-refractivity contribution in [1.29, 1.82) is 0 Å². The van der Waals surface area contributed by atoms with Crippen LogP contribution in [-0.4, -0.2) is 30.0 Å². The van der Waals surface area contributed by atoms with Gasteiger partial charge in [-0.2, -0.15) is 0 Å². The largest absolute Gasteiger partial charge is 0.452 e. The molecule has 1 N–H and O–H groups in total. The van der Waals surface area contributed by atoms with Crippen molar-refractivity contribution in [2.24, 2.45) is 0 Å². The lowest BCUT2D eigenvalue weighted by molar-refractivity contribution is -0.124. The third kappa shape index (κ3) is 6.54. The van der Waals surface area contributed by atoms with E-state index in [0.29, 0.717) is 22.0 Å². The number of halogens is 1. The van der Waals surface area contributed by atoms with Gasteiger partial charge in [0.25, 0.3) is 5.91 Å². The second kappa shape index (κ2) is 9.99. The van der Waals surface area contributed by atoms with Crippen LogP contribution < -0.4 is 5.32 Å². The van der Waals surface area contributed by atoms with Gasteiger partial charge in [-0.1, -0.05) is 35.9 Å². The van der Waals surface area contributed by atoms with Crippen molar-refractivity contribution in [2.75, 3.05) is 12.4 Å². The number of thioether (sulfide) groups is 1. The molecule has 0 atom stereocenters. The van der Waals surface area contributed by atoms with E-state index in [2.05, 4.69) is 5.32 Å². The Balaban J connectivity index is 1.86. The summed E-state index contributed by atoms with van der Waals surface area (Å²) in [7, 11) is 0. The van der Waals surface area contributed by atoms with E-state index >= 15 is 0 Å². The highest BCUT2D eigenvalue weighted by Gasteiger charge is 2.15. The predicted octanol–water partition coefficient (Wildman–Crippen LogP) is 3.49. The Kier molecular flexibility index (Phi) is 7.69. The molecule has 5 nitrogen and oxygen atoms in total. The van der Waals surface area contributed by atoms with Gasteiger partial charge < -0.3 is 10.1 Å². The summed E-state index contributed by atoms with van der Waals surface area (Å²) in [6.45, 7) is 1.39. The van der Waals surface area contributed by atoms with Gasteiger partial charge in [-0.05, 0) is 36.8 Å². The third-order valence-corrected chi connectivity index (χ3v) is 4.70. The van der Waals surface area contributed by atoms with Crippen LogP contribution in [0.25, 0.3) is 0 Å². The van der Waals surface area contributed by atoms with Crippen LogP contribution in [0.1, 0.15) is 22.8 Å². The highest BCUT2D eigenvalue weighted by molar-refractivity contribution is 8.00. The average Bonchev–Trinajstić information content (AvgIpc) is 2.63. The molecule has 0 spiro atoms. The summed E-state index contributed by atoms with van der Waals surface area (Å²) in [6, 6.07) is 13.9. The molecule has 0 unspecified atom stereocenters. The zero-order chi connectivity index (χ0) is 18.9. The van der Waals surface area contributed by atoms with Gasteiger partial charge in [0.05, 0.1) is 11.3 Å². The molecule has 0 saturated heterocycles. The van der Waals surface area contributed by atoms with Crippen molar-refractivity contribution in [3.63, 3.8) is 0 Å². The quantitative estimate of drug-likeness (QED) is 0.550. The summed E-state index contributed by atoms with van der Waals surface area (Å²) < 4.78 is 5.07. The minimum Gasteiger partial charge on any atom is -0.452 e. The number of rotatable bonds is 8. The molecule has 0 radical (unpaired) electrons. The summed E-state index contributed by atoms with van der Waals surface area (Å²) in [6.07, 6.45) is 0. The summed E-state index contributed by atoms with van der Waals surface area (Å²) in [5, 5.41) is 3.25. The first-order chi connectivity index (χ1) is 12.5. The zero-order valence-corrected chi connectivity index (χ0v) is 15.7. The first-order valence-corrected chi connectivity index (χ1v) is 9.21. The number of esters is 1. The van der Waals surface area contributed by atoms with E-state index in [1.165, 1.54) is 18.7 Å². The SMILES string of the molecule is CC(=O)CSc1ccccc1C(=O)OCC(=O)NCc1cccc(Cl)c1. The third-order valence-electron chi connectivity index (χ3n) is 3.25. The zero-order valence-electron chi connectivity index (χ0n) is 14.2. The molecular formula is C19H18ClNO4S. The molecule has 0 saturated carbocycles. The lowest BCUT2D eigenvalue weighted by atomic mass is 10.2. The van der Waals surface area contributed by atoms with Gasteiger partial charge in [-0.15, -0.1) is 11.8 Å². The summed E-state index contributed by atoms with van der Waals surface area (Å²) in [4.78, 5) is 35.9. The Hall–Kier alpha value is -2.31. The first-order valence-electron chi connectivity index (χ1n) is 7.85. The molecule has 136 valence electrons. The number of Topliss-reactive ketones (excluding diaryl/α,β-unsaturated/α-hetero) is 1. The molecule has 2 aromatic carbocycles. The maximum absolute atomic E-state index is 12.2.